The number of hydrogen-bond acceptors (Lipinski definition) is 4. The van der Waals surface area contributed by atoms with Crippen LogP contribution in [0.3, 0.4) is 0 Å². The summed E-state index contributed by atoms with van der Waals surface area (Å²) in [5.74, 6) is 0.795. The molecule has 1 aliphatic heterocycles. The van der Waals surface area contributed by atoms with Crippen LogP contribution in [0.25, 0.3) is 0 Å². The number of anilines is 1. The van der Waals surface area contributed by atoms with E-state index in [1.807, 2.05) is 24.3 Å². The third-order valence-electron chi connectivity index (χ3n) is 3.92. The minimum atomic E-state index is 0.676. The summed E-state index contributed by atoms with van der Waals surface area (Å²) in [5, 5.41) is 0. The van der Waals surface area contributed by atoms with E-state index >= 15 is 0 Å². The fourth-order valence-corrected chi connectivity index (χ4v) is 2.55. The van der Waals surface area contributed by atoms with E-state index < -0.39 is 0 Å². The predicted octanol–water partition coefficient (Wildman–Crippen LogP) is 1.67. The van der Waals surface area contributed by atoms with Gasteiger partial charge < -0.3 is 15.4 Å². The van der Waals surface area contributed by atoms with Crippen LogP contribution < -0.4 is 10.5 Å². The highest BCUT2D eigenvalue weighted by Crippen LogP contribution is 2.19. The number of ether oxygens (including phenoxy) is 1. The van der Waals surface area contributed by atoms with Gasteiger partial charge in [-0.2, -0.15) is 0 Å². The lowest BCUT2D eigenvalue weighted by atomic mass is 10.1. The molecule has 1 aromatic rings. The van der Waals surface area contributed by atoms with Crippen molar-refractivity contribution in [2.24, 2.45) is 0 Å². The van der Waals surface area contributed by atoms with Gasteiger partial charge in [-0.1, -0.05) is 19.1 Å². The van der Waals surface area contributed by atoms with E-state index in [1.165, 1.54) is 6.42 Å². The summed E-state index contributed by atoms with van der Waals surface area (Å²) < 4.78 is 5.75. The Morgan fingerprint density at radius 3 is 2.84 bits per heavy atom. The molecule has 0 aliphatic carbocycles. The van der Waals surface area contributed by atoms with Crippen molar-refractivity contribution in [3.63, 3.8) is 0 Å². The van der Waals surface area contributed by atoms with Gasteiger partial charge in [-0.05, 0) is 25.6 Å². The Hall–Kier alpha value is -1.26. The number of nitrogens with zero attached hydrogens (tertiary/aromatic N) is 2. The van der Waals surface area contributed by atoms with Crippen molar-refractivity contribution < 1.29 is 4.74 Å². The molecule has 4 nitrogen and oxygen atoms in total. The molecule has 2 rings (SSSR count). The van der Waals surface area contributed by atoms with Gasteiger partial charge in [-0.25, -0.2) is 0 Å². The number of rotatable bonds is 5. The summed E-state index contributed by atoms with van der Waals surface area (Å²) in [7, 11) is 2.21. The van der Waals surface area contributed by atoms with Gasteiger partial charge in [0.2, 0.25) is 0 Å². The van der Waals surface area contributed by atoms with E-state index in [-0.39, 0.29) is 0 Å². The Morgan fingerprint density at radius 2 is 2.11 bits per heavy atom. The maximum atomic E-state index is 5.86. The predicted molar refractivity (Wildman–Crippen MR) is 79.5 cm³/mol. The second kappa shape index (κ2) is 6.78. The number of likely N-dealkylation sites (N-methyl/N-ethyl adjacent to an activating group) is 1. The van der Waals surface area contributed by atoms with Crippen molar-refractivity contribution in [3.05, 3.63) is 24.3 Å². The van der Waals surface area contributed by atoms with E-state index in [4.69, 9.17) is 10.5 Å². The first-order valence-corrected chi connectivity index (χ1v) is 7.10. The van der Waals surface area contributed by atoms with E-state index in [9.17, 15) is 0 Å². The molecule has 0 spiro atoms. The topological polar surface area (TPSA) is 41.7 Å². The summed E-state index contributed by atoms with van der Waals surface area (Å²) in [6.45, 7) is 7.34. The van der Waals surface area contributed by atoms with Crippen LogP contribution in [0.5, 0.6) is 5.75 Å². The molecule has 0 amide bonds. The van der Waals surface area contributed by atoms with E-state index in [1.54, 1.807) is 0 Å². The van der Waals surface area contributed by atoms with Crippen molar-refractivity contribution in [2.75, 3.05) is 45.6 Å². The Kier molecular flexibility index (Phi) is 5.05. The van der Waals surface area contributed by atoms with E-state index in [0.717, 1.165) is 31.9 Å². The summed E-state index contributed by atoms with van der Waals surface area (Å²) in [6.07, 6.45) is 1.21. The molecule has 1 aromatic carbocycles. The van der Waals surface area contributed by atoms with Gasteiger partial charge in [0, 0.05) is 32.2 Å². The zero-order chi connectivity index (χ0) is 13.7. The molecule has 1 heterocycles. The van der Waals surface area contributed by atoms with Gasteiger partial charge >= 0.3 is 0 Å². The van der Waals surface area contributed by atoms with Gasteiger partial charge in [0.05, 0.1) is 5.69 Å². The van der Waals surface area contributed by atoms with Crippen LogP contribution in [-0.2, 0) is 0 Å². The van der Waals surface area contributed by atoms with Crippen molar-refractivity contribution in [1.29, 1.82) is 0 Å². The summed E-state index contributed by atoms with van der Waals surface area (Å²) in [5.41, 5.74) is 6.57. The zero-order valence-electron chi connectivity index (χ0n) is 12.0. The number of nitrogens with two attached hydrogens (primary N) is 1. The molecule has 106 valence electrons. The third-order valence-corrected chi connectivity index (χ3v) is 3.92. The molecule has 1 atom stereocenters. The summed E-state index contributed by atoms with van der Waals surface area (Å²) in [6, 6.07) is 8.35. The Labute approximate surface area is 116 Å². The number of para-hydroxylation sites is 2. The minimum Gasteiger partial charge on any atom is -0.490 e. The fraction of sp³-hybridized carbons (Fsp3) is 0.600. The zero-order valence-corrected chi connectivity index (χ0v) is 12.0. The van der Waals surface area contributed by atoms with Crippen molar-refractivity contribution in [3.8, 4) is 5.75 Å². The number of piperazine rings is 1. The number of nitrogen functional groups attached to an aromatic ring is 1. The Bertz CT molecular complexity index is 397. The normalized spacial score (nSPS) is 21.5. The van der Waals surface area contributed by atoms with E-state index in [2.05, 4.69) is 23.8 Å². The quantitative estimate of drug-likeness (QED) is 0.821. The molecule has 0 aromatic heterocycles. The van der Waals surface area contributed by atoms with Gasteiger partial charge in [-0.15, -0.1) is 0 Å². The first kappa shape index (κ1) is 14.2. The second-order valence-corrected chi connectivity index (χ2v) is 5.23. The van der Waals surface area contributed by atoms with Crippen LogP contribution in [0.15, 0.2) is 24.3 Å². The highest BCUT2D eigenvalue weighted by Gasteiger charge is 2.22. The van der Waals surface area contributed by atoms with Crippen LogP contribution in [0, 0.1) is 0 Å². The Balaban J connectivity index is 1.76. The summed E-state index contributed by atoms with van der Waals surface area (Å²) in [4.78, 5) is 4.93. The maximum absolute atomic E-state index is 5.86. The molecule has 0 saturated carbocycles. The first-order valence-electron chi connectivity index (χ1n) is 7.10. The molecule has 1 saturated heterocycles. The standard InChI is InChI=1S/C15H25N3O/c1-3-13-12-18(9-8-17(13)2)10-11-19-15-7-5-4-6-14(15)16/h4-7,13H,3,8-12,16H2,1-2H3. The number of hydrogen-bond donors (Lipinski definition) is 1. The lowest BCUT2D eigenvalue weighted by Gasteiger charge is -2.39. The molecule has 4 heteroatoms. The molecule has 0 bridgehead atoms. The molecular weight excluding hydrogens is 238 g/mol. The van der Waals surface area contributed by atoms with Crippen LogP contribution in [0.2, 0.25) is 0 Å². The van der Waals surface area contributed by atoms with Crippen LogP contribution in [0.1, 0.15) is 13.3 Å². The highest BCUT2D eigenvalue weighted by molar-refractivity contribution is 5.51. The summed E-state index contributed by atoms with van der Waals surface area (Å²) >= 11 is 0. The SMILES string of the molecule is CCC1CN(CCOc2ccccc2N)CCN1C. The number of benzene rings is 1. The van der Waals surface area contributed by atoms with Gasteiger partial charge in [-0.3, -0.25) is 4.90 Å². The van der Waals surface area contributed by atoms with Gasteiger partial charge in [0.1, 0.15) is 12.4 Å². The van der Waals surface area contributed by atoms with Crippen LogP contribution in [-0.4, -0.2) is 55.7 Å². The van der Waals surface area contributed by atoms with Crippen molar-refractivity contribution >= 4 is 5.69 Å². The average molecular weight is 263 g/mol. The third kappa shape index (κ3) is 3.85. The largest absolute Gasteiger partial charge is 0.490 e. The van der Waals surface area contributed by atoms with Crippen molar-refractivity contribution in [1.82, 2.24) is 9.80 Å². The molecule has 0 radical (unpaired) electrons. The minimum absolute atomic E-state index is 0.676. The smallest absolute Gasteiger partial charge is 0.142 e. The maximum Gasteiger partial charge on any atom is 0.142 e. The molecule has 1 unspecified atom stereocenters. The monoisotopic (exact) mass is 263 g/mol. The molecule has 1 aliphatic rings. The fourth-order valence-electron chi connectivity index (χ4n) is 2.55. The first-order chi connectivity index (χ1) is 9.20. The van der Waals surface area contributed by atoms with Crippen molar-refractivity contribution in [2.45, 2.75) is 19.4 Å². The average Bonchev–Trinajstić information content (AvgIpc) is 2.43. The molecular formula is C15H25N3O. The lowest BCUT2D eigenvalue weighted by molar-refractivity contribution is 0.0825. The van der Waals surface area contributed by atoms with Crippen LogP contribution in [0.4, 0.5) is 5.69 Å². The highest BCUT2D eigenvalue weighted by atomic mass is 16.5. The Morgan fingerprint density at radius 1 is 1.32 bits per heavy atom. The van der Waals surface area contributed by atoms with Gasteiger partial charge in [0.25, 0.3) is 0 Å². The van der Waals surface area contributed by atoms with Crippen LogP contribution >= 0.6 is 0 Å². The molecule has 19 heavy (non-hydrogen) atoms. The second-order valence-electron chi connectivity index (χ2n) is 5.23. The molecule has 2 N–H and O–H groups in total. The van der Waals surface area contributed by atoms with Gasteiger partial charge in [0.15, 0.2) is 0 Å². The molecule has 1 fully saturated rings. The lowest BCUT2D eigenvalue weighted by Crippen LogP contribution is -2.51. The van der Waals surface area contributed by atoms with E-state index in [0.29, 0.717) is 18.3 Å².